The van der Waals surface area contributed by atoms with Crippen LogP contribution in [-0.2, 0) is 11.2 Å². The summed E-state index contributed by atoms with van der Waals surface area (Å²) in [6.07, 6.45) is 2.19. The molecule has 2 rings (SSSR count). The zero-order valence-electron chi connectivity index (χ0n) is 15.9. The van der Waals surface area contributed by atoms with Gasteiger partial charge in [0, 0.05) is 45.2 Å². The van der Waals surface area contributed by atoms with E-state index in [1.54, 1.807) is 13.1 Å². The van der Waals surface area contributed by atoms with Gasteiger partial charge in [0.2, 0.25) is 5.91 Å². The van der Waals surface area contributed by atoms with Crippen LogP contribution in [0.1, 0.15) is 42.6 Å². The van der Waals surface area contributed by atoms with Gasteiger partial charge in [0.25, 0.3) is 5.91 Å². The molecular weight excluding hydrogens is 314 g/mol. The van der Waals surface area contributed by atoms with Crippen LogP contribution in [0.4, 0.5) is 0 Å². The van der Waals surface area contributed by atoms with Crippen LogP contribution in [0.3, 0.4) is 0 Å². The van der Waals surface area contributed by atoms with Crippen molar-refractivity contribution in [3.8, 4) is 0 Å². The Morgan fingerprint density at radius 2 is 2.12 bits per heavy atom. The van der Waals surface area contributed by atoms with Gasteiger partial charge in [-0.15, -0.1) is 0 Å². The molecule has 25 heavy (non-hydrogen) atoms. The SMILES string of the molecule is CCN1CC[C@H](N(C)C(=O)CCc2cccc(C(=O)NC)c2)[C@@H](C)C1. The summed E-state index contributed by atoms with van der Waals surface area (Å²) in [7, 11) is 3.56. The lowest BCUT2D eigenvalue weighted by Crippen LogP contribution is -2.50. The highest BCUT2D eigenvalue weighted by Gasteiger charge is 2.30. The van der Waals surface area contributed by atoms with E-state index < -0.39 is 0 Å². The molecule has 1 aliphatic heterocycles. The Labute approximate surface area is 151 Å². The summed E-state index contributed by atoms with van der Waals surface area (Å²) in [5.74, 6) is 0.591. The van der Waals surface area contributed by atoms with Crippen LogP contribution in [-0.4, -0.2) is 61.4 Å². The van der Waals surface area contributed by atoms with E-state index in [9.17, 15) is 9.59 Å². The number of rotatable bonds is 6. The second-order valence-electron chi connectivity index (χ2n) is 7.01. The van der Waals surface area contributed by atoms with Gasteiger partial charge in [-0.05, 0) is 43.0 Å². The summed E-state index contributed by atoms with van der Waals surface area (Å²) in [5, 5.41) is 2.63. The van der Waals surface area contributed by atoms with Crippen molar-refractivity contribution in [3.63, 3.8) is 0 Å². The van der Waals surface area contributed by atoms with Gasteiger partial charge in [0.15, 0.2) is 0 Å². The monoisotopic (exact) mass is 345 g/mol. The number of likely N-dealkylation sites (tertiary alicyclic amines) is 1. The van der Waals surface area contributed by atoms with Crippen molar-refractivity contribution in [2.24, 2.45) is 5.92 Å². The van der Waals surface area contributed by atoms with E-state index in [4.69, 9.17) is 0 Å². The number of carbonyl (C=O) groups excluding carboxylic acids is 2. The molecule has 0 bridgehead atoms. The molecule has 5 heteroatoms. The van der Waals surface area contributed by atoms with Crippen LogP contribution in [0, 0.1) is 5.92 Å². The Kier molecular flexibility index (Phi) is 7.00. The topological polar surface area (TPSA) is 52.7 Å². The van der Waals surface area contributed by atoms with E-state index in [0.29, 0.717) is 30.4 Å². The number of hydrogen-bond acceptors (Lipinski definition) is 3. The molecule has 0 radical (unpaired) electrons. The molecule has 1 aliphatic rings. The highest BCUT2D eigenvalue weighted by Crippen LogP contribution is 2.22. The van der Waals surface area contributed by atoms with Crippen molar-refractivity contribution >= 4 is 11.8 Å². The second-order valence-corrected chi connectivity index (χ2v) is 7.01. The molecule has 2 amide bonds. The number of aryl methyl sites for hydroxylation is 1. The number of benzene rings is 1. The lowest BCUT2D eigenvalue weighted by atomic mass is 9.92. The normalized spacial score (nSPS) is 21.0. The summed E-state index contributed by atoms with van der Waals surface area (Å²) in [4.78, 5) is 28.7. The van der Waals surface area contributed by atoms with Gasteiger partial charge >= 0.3 is 0 Å². The Balaban J connectivity index is 1.90. The number of nitrogens with zero attached hydrogens (tertiary/aromatic N) is 2. The fourth-order valence-electron chi connectivity index (χ4n) is 3.71. The van der Waals surface area contributed by atoms with Crippen LogP contribution in [0.25, 0.3) is 0 Å². The number of nitrogens with one attached hydrogen (secondary N) is 1. The lowest BCUT2D eigenvalue weighted by Gasteiger charge is -2.41. The first-order valence-electron chi connectivity index (χ1n) is 9.25. The fraction of sp³-hybridized carbons (Fsp3) is 0.600. The zero-order chi connectivity index (χ0) is 18.4. The van der Waals surface area contributed by atoms with Gasteiger partial charge in [-0.25, -0.2) is 0 Å². The molecule has 0 aromatic heterocycles. The third-order valence-electron chi connectivity index (χ3n) is 5.33. The minimum Gasteiger partial charge on any atom is -0.355 e. The highest BCUT2D eigenvalue weighted by molar-refractivity contribution is 5.94. The number of amides is 2. The van der Waals surface area contributed by atoms with Crippen LogP contribution in [0.15, 0.2) is 24.3 Å². The molecule has 1 aromatic carbocycles. The van der Waals surface area contributed by atoms with Gasteiger partial charge in [0.05, 0.1) is 0 Å². The van der Waals surface area contributed by atoms with E-state index in [-0.39, 0.29) is 11.8 Å². The predicted octanol–water partition coefficient (Wildman–Crippen LogP) is 2.17. The Morgan fingerprint density at radius 1 is 1.36 bits per heavy atom. The van der Waals surface area contributed by atoms with Crippen molar-refractivity contribution in [2.75, 3.05) is 33.7 Å². The molecule has 1 fully saturated rings. The van der Waals surface area contributed by atoms with Crippen molar-refractivity contribution < 1.29 is 9.59 Å². The Bertz CT molecular complexity index is 602. The molecule has 5 nitrogen and oxygen atoms in total. The fourth-order valence-corrected chi connectivity index (χ4v) is 3.71. The van der Waals surface area contributed by atoms with Gasteiger partial charge in [0.1, 0.15) is 0 Å². The number of piperidine rings is 1. The third-order valence-corrected chi connectivity index (χ3v) is 5.33. The van der Waals surface area contributed by atoms with Crippen LogP contribution < -0.4 is 5.32 Å². The van der Waals surface area contributed by atoms with E-state index in [1.807, 2.05) is 30.1 Å². The van der Waals surface area contributed by atoms with Gasteiger partial charge in [-0.1, -0.05) is 26.0 Å². The van der Waals surface area contributed by atoms with Crippen molar-refractivity contribution in [1.29, 1.82) is 0 Å². The largest absolute Gasteiger partial charge is 0.355 e. The molecule has 2 atom stereocenters. The first-order chi connectivity index (χ1) is 12.0. The molecule has 1 aromatic rings. The van der Waals surface area contributed by atoms with E-state index >= 15 is 0 Å². The van der Waals surface area contributed by atoms with E-state index in [0.717, 1.165) is 31.6 Å². The molecule has 1 heterocycles. The smallest absolute Gasteiger partial charge is 0.251 e. The summed E-state index contributed by atoms with van der Waals surface area (Å²) in [5.41, 5.74) is 1.66. The predicted molar refractivity (Wildman–Crippen MR) is 101 cm³/mol. The second kappa shape index (κ2) is 8.99. The first kappa shape index (κ1) is 19.4. The maximum atomic E-state index is 12.6. The first-order valence-corrected chi connectivity index (χ1v) is 9.25. The maximum absolute atomic E-state index is 12.6. The molecule has 1 N–H and O–H groups in total. The molecule has 0 spiro atoms. The molecule has 0 saturated carbocycles. The molecule has 0 unspecified atom stereocenters. The van der Waals surface area contributed by atoms with Crippen LogP contribution >= 0.6 is 0 Å². The number of hydrogen-bond donors (Lipinski definition) is 1. The van der Waals surface area contributed by atoms with E-state index in [2.05, 4.69) is 24.1 Å². The van der Waals surface area contributed by atoms with Crippen LogP contribution in [0.5, 0.6) is 0 Å². The van der Waals surface area contributed by atoms with Crippen LogP contribution in [0.2, 0.25) is 0 Å². The van der Waals surface area contributed by atoms with Crippen molar-refractivity contribution in [2.45, 2.75) is 39.2 Å². The van der Waals surface area contributed by atoms with Crippen molar-refractivity contribution in [3.05, 3.63) is 35.4 Å². The summed E-state index contributed by atoms with van der Waals surface area (Å²) in [6.45, 7) is 7.64. The summed E-state index contributed by atoms with van der Waals surface area (Å²) >= 11 is 0. The zero-order valence-corrected chi connectivity index (χ0v) is 15.9. The third kappa shape index (κ3) is 5.05. The summed E-state index contributed by atoms with van der Waals surface area (Å²) in [6, 6.07) is 7.83. The summed E-state index contributed by atoms with van der Waals surface area (Å²) < 4.78 is 0. The Morgan fingerprint density at radius 3 is 2.76 bits per heavy atom. The molecule has 138 valence electrons. The minimum absolute atomic E-state index is 0.0956. The quantitative estimate of drug-likeness (QED) is 0.860. The maximum Gasteiger partial charge on any atom is 0.251 e. The molecular formula is C20H31N3O2. The van der Waals surface area contributed by atoms with Gasteiger partial charge in [-0.2, -0.15) is 0 Å². The molecule has 0 aliphatic carbocycles. The lowest BCUT2D eigenvalue weighted by molar-refractivity contribution is -0.134. The Hall–Kier alpha value is -1.88. The molecule has 1 saturated heterocycles. The van der Waals surface area contributed by atoms with E-state index in [1.165, 1.54) is 0 Å². The van der Waals surface area contributed by atoms with Gasteiger partial charge < -0.3 is 15.1 Å². The highest BCUT2D eigenvalue weighted by atomic mass is 16.2. The number of carbonyl (C=O) groups is 2. The van der Waals surface area contributed by atoms with Crippen molar-refractivity contribution in [1.82, 2.24) is 15.1 Å². The van der Waals surface area contributed by atoms with Gasteiger partial charge in [-0.3, -0.25) is 9.59 Å². The minimum atomic E-state index is -0.0956. The average Bonchev–Trinajstić information content (AvgIpc) is 2.64. The average molecular weight is 345 g/mol. The standard InChI is InChI=1S/C20H31N3O2/c1-5-23-12-11-18(15(2)14-23)22(4)19(24)10-9-16-7-6-8-17(13-16)20(25)21-3/h6-8,13,15,18H,5,9-12,14H2,1-4H3,(H,21,25)/t15-,18-/m0/s1.